The van der Waals surface area contributed by atoms with Gasteiger partial charge in [0.25, 0.3) is 0 Å². The number of aliphatic imine (C=N–C) groups is 1. The van der Waals surface area contributed by atoms with Crippen LogP contribution in [0.3, 0.4) is 0 Å². The van der Waals surface area contributed by atoms with E-state index in [1.54, 1.807) is 0 Å². The fourth-order valence-corrected chi connectivity index (χ4v) is 8.80. The number of hydrogen-bond donors (Lipinski definition) is 0. The Labute approximate surface area is 407 Å². The lowest BCUT2D eigenvalue weighted by Gasteiger charge is -2.26. The molecule has 10 aromatic rings. The van der Waals surface area contributed by atoms with Crippen molar-refractivity contribution < 1.29 is 0 Å². The highest BCUT2D eigenvalue weighted by Gasteiger charge is 2.16. The third kappa shape index (κ3) is 10.4. The van der Waals surface area contributed by atoms with Crippen molar-refractivity contribution in [1.29, 1.82) is 0 Å². The summed E-state index contributed by atoms with van der Waals surface area (Å²) in [6, 6.07) is 95.1. The first-order valence-corrected chi connectivity index (χ1v) is 23.6. The first-order chi connectivity index (χ1) is 34.0. The molecule has 332 valence electrons. The molecule has 3 heteroatoms. The van der Waals surface area contributed by atoms with Gasteiger partial charge in [0.1, 0.15) is 0 Å². The molecule has 0 aliphatic carbocycles. The van der Waals surface area contributed by atoms with Crippen LogP contribution in [0, 0.1) is 13.8 Å². The second kappa shape index (κ2) is 20.8. The fraction of sp³-hybridized carbons (Fsp3) is 0.0455. The molecule has 3 nitrogen and oxygen atoms in total. The van der Waals surface area contributed by atoms with Crippen LogP contribution in [0.1, 0.15) is 44.5 Å². The molecule has 0 bridgehead atoms. The molecule has 0 radical (unpaired) electrons. The Morgan fingerprint density at radius 3 is 1.12 bits per heavy atom. The summed E-state index contributed by atoms with van der Waals surface area (Å²) in [7, 11) is 0. The van der Waals surface area contributed by atoms with Gasteiger partial charge in [0.05, 0.1) is 12.3 Å². The van der Waals surface area contributed by atoms with Gasteiger partial charge in [-0.2, -0.15) is 0 Å². The van der Waals surface area contributed by atoms with E-state index in [0.29, 0.717) is 6.54 Å². The van der Waals surface area contributed by atoms with Crippen LogP contribution < -0.4 is 9.80 Å². The maximum Gasteiger partial charge on any atom is 0.0723 e. The minimum absolute atomic E-state index is 0.564. The SMILES string of the molecule is Cc1ccc(N(c2ccc(C)cc2)c2ccc(C(=NCc3ccc(-c4ccc(C=C(c5ccccc5)c5ccc(N(c6ccccc6)c6ccccc6)cc5)cc4)cc3)c3ccccc3)cc2)cc1. The summed E-state index contributed by atoms with van der Waals surface area (Å²) >= 11 is 0. The molecular formula is C66H53N3. The van der Waals surface area contributed by atoms with Crippen molar-refractivity contribution in [1.82, 2.24) is 0 Å². The monoisotopic (exact) mass is 887 g/mol. The number of aryl methyl sites for hydroxylation is 2. The van der Waals surface area contributed by atoms with Gasteiger partial charge in [-0.25, -0.2) is 0 Å². The van der Waals surface area contributed by atoms with E-state index in [2.05, 4.69) is 297 Å². The molecule has 0 heterocycles. The van der Waals surface area contributed by atoms with Crippen LogP contribution in [0.4, 0.5) is 34.1 Å². The quantitative estimate of drug-likeness (QED) is 0.0800. The van der Waals surface area contributed by atoms with Gasteiger partial charge in [-0.05, 0) is 132 Å². The molecule has 0 atom stereocenters. The summed E-state index contributed by atoms with van der Waals surface area (Å²) in [5, 5.41) is 0. The number of anilines is 6. The van der Waals surface area contributed by atoms with E-state index in [9.17, 15) is 0 Å². The van der Waals surface area contributed by atoms with Gasteiger partial charge in [-0.3, -0.25) is 4.99 Å². The minimum Gasteiger partial charge on any atom is -0.311 e. The number of nitrogens with zero attached hydrogens (tertiary/aromatic N) is 3. The lowest BCUT2D eigenvalue weighted by atomic mass is 9.94. The van der Waals surface area contributed by atoms with Gasteiger partial charge in [0, 0.05) is 45.3 Å². The Kier molecular flexibility index (Phi) is 13.3. The third-order valence-electron chi connectivity index (χ3n) is 12.5. The number of rotatable bonds is 14. The van der Waals surface area contributed by atoms with Crippen LogP contribution in [0.15, 0.2) is 272 Å². The summed E-state index contributed by atoms with van der Waals surface area (Å²) in [6.07, 6.45) is 2.29. The van der Waals surface area contributed by atoms with Gasteiger partial charge >= 0.3 is 0 Å². The van der Waals surface area contributed by atoms with Gasteiger partial charge in [-0.15, -0.1) is 0 Å². The third-order valence-corrected chi connectivity index (χ3v) is 12.5. The molecule has 0 aliphatic rings. The Balaban J connectivity index is 0.880. The molecule has 0 N–H and O–H groups in total. The van der Waals surface area contributed by atoms with Gasteiger partial charge in [0.15, 0.2) is 0 Å². The van der Waals surface area contributed by atoms with E-state index >= 15 is 0 Å². The van der Waals surface area contributed by atoms with Crippen LogP contribution >= 0.6 is 0 Å². The zero-order valence-electron chi connectivity index (χ0n) is 39.0. The van der Waals surface area contributed by atoms with Crippen LogP contribution in [0.5, 0.6) is 0 Å². The number of para-hydroxylation sites is 2. The molecule has 0 aliphatic heterocycles. The fourth-order valence-electron chi connectivity index (χ4n) is 8.80. The van der Waals surface area contributed by atoms with Crippen molar-refractivity contribution in [2.45, 2.75) is 20.4 Å². The van der Waals surface area contributed by atoms with E-state index in [0.717, 1.165) is 67.7 Å². The Morgan fingerprint density at radius 2 is 0.667 bits per heavy atom. The summed E-state index contributed by atoms with van der Waals surface area (Å²) < 4.78 is 0. The van der Waals surface area contributed by atoms with Crippen LogP contribution in [-0.4, -0.2) is 5.71 Å². The topological polar surface area (TPSA) is 18.8 Å². The highest BCUT2D eigenvalue weighted by atomic mass is 15.1. The number of hydrogen-bond acceptors (Lipinski definition) is 3. The highest BCUT2D eigenvalue weighted by Crippen LogP contribution is 2.37. The molecule has 0 amide bonds. The lowest BCUT2D eigenvalue weighted by molar-refractivity contribution is 1.07. The average molecular weight is 888 g/mol. The smallest absolute Gasteiger partial charge is 0.0723 e. The standard InChI is InChI=1S/C66H53N3/c1-49-23-39-61(40-24-49)69(62-41-25-50(2)26-42-62)64-45-37-58(38-46-64)66(57-17-9-4-10-18-57)67-48-52-29-33-54(34-30-52)53-31-27-51(28-32-53)47-65(55-15-7-3-8-16-55)56-35-43-63(44-36-56)68(59-19-11-5-12-20-59)60-21-13-6-14-22-60/h3-47H,48H2,1-2H3. The molecule has 0 fully saturated rings. The maximum absolute atomic E-state index is 5.27. The second-order valence-electron chi connectivity index (χ2n) is 17.4. The second-order valence-corrected chi connectivity index (χ2v) is 17.4. The van der Waals surface area contributed by atoms with Crippen molar-refractivity contribution in [3.8, 4) is 11.1 Å². The Bertz CT molecular complexity index is 3190. The van der Waals surface area contributed by atoms with Crippen LogP contribution in [0.2, 0.25) is 0 Å². The minimum atomic E-state index is 0.564. The maximum atomic E-state index is 5.27. The van der Waals surface area contributed by atoms with E-state index in [1.807, 2.05) is 0 Å². The largest absolute Gasteiger partial charge is 0.311 e. The van der Waals surface area contributed by atoms with Crippen molar-refractivity contribution in [2.24, 2.45) is 4.99 Å². The van der Waals surface area contributed by atoms with Gasteiger partial charge < -0.3 is 9.80 Å². The summed E-state index contributed by atoms with van der Waals surface area (Å²) in [6.45, 7) is 4.82. The van der Waals surface area contributed by atoms with E-state index in [-0.39, 0.29) is 0 Å². The average Bonchev–Trinajstić information content (AvgIpc) is 3.41. The first kappa shape index (κ1) is 44.1. The van der Waals surface area contributed by atoms with E-state index in [4.69, 9.17) is 4.99 Å². The summed E-state index contributed by atoms with van der Waals surface area (Å²) in [4.78, 5) is 9.87. The van der Waals surface area contributed by atoms with Crippen molar-refractivity contribution >= 4 is 51.5 Å². The summed E-state index contributed by atoms with van der Waals surface area (Å²) in [5.74, 6) is 0. The predicted molar refractivity (Wildman–Crippen MR) is 293 cm³/mol. The van der Waals surface area contributed by atoms with Crippen molar-refractivity contribution in [3.05, 3.63) is 311 Å². The molecule has 10 rings (SSSR count). The van der Waals surface area contributed by atoms with Crippen LogP contribution in [-0.2, 0) is 6.54 Å². The molecular weight excluding hydrogens is 835 g/mol. The van der Waals surface area contributed by atoms with Crippen molar-refractivity contribution in [3.63, 3.8) is 0 Å². The predicted octanol–water partition coefficient (Wildman–Crippen LogP) is 17.5. The molecule has 0 unspecified atom stereocenters. The number of benzene rings is 10. The zero-order chi connectivity index (χ0) is 46.8. The van der Waals surface area contributed by atoms with E-state index < -0.39 is 0 Å². The Hall–Kier alpha value is -8.79. The molecule has 0 spiro atoms. The Morgan fingerprint density at radius 1 is 0.333 bits per heavy atom. The summed E-state index contributed by atoms with van der Waals surface area (Å²) in [5.41, 5.74) is 20.4. The van der Waals surface area contributed by atoms with Crippen LogP contribution in [0.25, 0.3) is 22.8 Å². The highest BCUT2D eigenvalue weighted by molar-refractivity contribution is 6.13. The normalized spacial score (nSPS) is 11.6. The van der Waals surface area contributed by atoms with Crippen molar-refractivity contribution in [2.75, 3.05) is 9.80 Å². The first-order valence-electron chi connectivity index (χ1n) is 23.6. The molecule has 0 saturated carbocycles. The molecule has 0 saturated heterocycles. The molecule has 69 heavy (non-hydrogen) atoms. The lowest BCUT2D eigenvalue weighted by Crippen LogP contribution is -2.11. The van der Waals surface area contributed by atoms with Gasteiger partial charge in [-0.1, -0.05) is 205 Å². The molecule has 0 aromatic heterocycles. The zero-order valence-corrected chi connectivity index (χ0v) is 39.0. The van der Waals surface area contributed by atoms with E-state index in [1.165, 1.54) is 33.4 Å². The molecule has 10 aromatic carbocycles. The van der Waals surface area contributed by atoms with Gasteiger partial charge in [0.2, 0.25) is 0 Å².